The number of nitro benzene ring substituents is 1. The number of fused-ring (bicyclic) bond motifs is 1. The van der Waals surface area contributed by atoms with Crippen LogP contribution in [0.5, 0.6) is 0 Å². The van der Waals surface area contributed by atoms with Crippen LogP contribution in [0.25, 0.3) is 11.0 Å². The summed E-state index contributed by atoms with van der Waals surface area (Å²) in [7, 11) is 0. The van der Waals surface area contributed by atoms with Crippen molar-refractivity contribution in [2.24, 2.45) is 0 Å². The molecule has 1 aromatic heterocycles. The molecule has 0 aliphatic rings. The molecule has 0 fully saturated rings. The summed E-state index contributed by atoms with van der Waals surface area (Å²) in [4.78, 5) is 14.5. The van der Waals surface area contributed by atoms with Gasteiger partial charge in [0, 0.05) is 24.7 Å². The van der Waals surface area contributed by atoms with Gasteiger partial charge in [0.05, 0.1) is 28.4 Å². The van der Waals surface area contributed by atoms with E-state index in [2.05, 4.69) is 4.98 Å². The standard InChI is InChI=1S/C16H11FN4O2/c17-12-3-6-15-14(9-12)19-16(7-8-18)20(15)10-11-1-4-13(5-2-11)21(22)23/h1-6,9H,7,10H2. The second-order valence-electron chi connectivity index (χ2n) is 5.01. The fourth-order valence-electron chi connectivity index (χ4n) is 2.44. The summed E-state index contributed by atoms with van der Waals surface area (Å²) in [5, 5.41) is 19.6. The normalized spacial score (nSPS) is 10.6. The number of halogens is 1. The molecule has 0 saturated heterocycles. The molecule has 0 bridgehead atoms. The minimum absolute atomic E-state index is 0.0172. The van der Waals surface area contributed by atoms with Gasteiger partial charge in [0.15, 0.2) is 0 Å². The van der Waals surface area contributed by atoms with Crippen molar-refractivity contribution in [1.82, 2.24) is 9.55 Å². The molecule has 3 rings (SSSR count). The van der Waals surface area contributed by atoms with Gasteiger partial charge in [-0.2, -0.15) is 5.26 Å². The van der Waals surface area contributed by atoms with Crippen LogP contribution in [0.3, 0.4) is 0 Å². The maximum absolute atomic E-state index is 13.3. The van der Waals surface area contributed by atoms with E-state index in [1.807, 2.05) is 10.6 Å². The first kappa shape index (κ1) is 14.7. The molecule has 6 nitrogen and oxygen atoms in total. The number of aromatic nitrogens is 2. The summed E-state index contributed by atoms with van der Waals surface area (Å²) in [6.07, 6.45) is 0.100. The Morgan fingerprint density at radius 1 is 1.26 bits per heavy atom. The predicted molar refractivity (Wildman–Crippen MR) is 81.2 cm³/mol. The molecular formula is C16H11FN4O2. The zero-order chi connectivity index (χ0) is 16.4. The van der Waals surface area contributed by atoms with E-state index in [1.165, 1.54) is 24.3 Å². The van der Waals surface area contributed by atoms with Crippen LogP contribution in [0.4, 0.5) is 10.1 Å². The van der Waals surface area contributed by atoms with Crippen LogP contribution in [-0.2, 0) is 13.0 Å². The summed E-state index contributed by atoms with van der Waals surface area (Å²) in [5.41, 5.74) is 2.05. The predicted octanol–water partition coefficient (Wildman–Crippen LogP) is 3.20. The van der Waals surface area contributed by atoms with Crippen LogP contribution in [0.1, 0.15) is 11.4 Å². The fraction of sp³-hybridized carbons (Fsp3) is 0.125. The number of non-ortho nitro benzene ring substituents is 1. The molecule has 0 aliphatic heterocycles. The van der Waals surface area contributed by atoms with E-state index in [0.717, 1.165) is 11.1 Å². The Hall–Kier alpha value is -3.27. The van der Waals surface area contributed by atoms with Gasteiger partial charge in [-0.15, -0.1) is 0 Å². The van der Waals surface area contributed by atoms with E-state index in [0.29, 0.717) is 17.9 Å². The molecule has 0 atom stereocenters. The zero-order valence-corrected chi connectivity index (χ0v) is 11.9. The number of nitrogens with zero attached hydrogens (tertiary/aromatic N) is 4. The van der Waals surface area contributed by atoms with Gasteiger partial charge in [-0.3, -0.25) is 10.1 Å². The van der Waals surface area contributed by atoms with Crippen molar-refractivity contribution in [3.8, 4) is 6.07 Å². The van der Waals surface area contributed by atoms with Crippen LogP contribution in [0.2, 0.25) is 0 Å². The second-order valence-corrected chi connectivity index (χ2v) is 5.01. The number of imidazole rings is 1. The Morgan fingerprint density at radius 2 is 2.00 bits per heavy atom. The molecule has 23 heavy (non-hydrogen) atoms. The smallest absolute Gasteiger partial charge is 0.269 e. The van der Waals surface area contributed by atoms with Crippen molar-refractivity contribution < 1.29 is 9.31 Å². The highest BCUT2D eigenvalue weighted by atomic mass is 19.1. The van der Waals surface area contributed by atoms with Crippen molar-refractivity contribution in [2.75, 3.05) is 0 Å². The fourth-order valence-corrected chi connectivity index (χ4v) is 2.44. The lowest BCUT2D eigenvalue weighted by Gasteiger charge is -2.07. The van der Waals surface area contributed by atoms with Crippen molar-refractivity contribution in [3.05, 3.63) is 69.8 Å². The summed E-state index contributed by atoms with van der Waals surface area (Å²) < 4.78 is 15.2. The first-order chi connectivity index (χ1) is 11.1. The van der Waals surface area contributed by atoms with Gasteiger partial charge in [-0.1, -0.05) is 12.1 Å². The van der Waals surface area contributed by atoms with Gasteiger partial charge in [0.2, 0.25) is 0 Å². The molecule has 7 heteroatoms. The largest absolute Gasteiger partial charge is 0.323 e. The Bertz CT molecular complexity index is 926. The summed E-state index contributed by atoms with van der Waals surface area (Å²) in [5.74, 6) is 0.146. The summed E-state index contributed by atoms with van der Waals surface area (Å²) in [6, 6.07) is 12.5. The first-order valence-corrected chi connectivity index (χ1v) is 6.83. The Kier molecular flexibility index (Phi) is 3.73. The maximum atomic E-state index is 13.3. The topological polar surface area (TPSA) is 84.8 Å². The highest BCUT2D eigenvalue weighted by Crippen LogP contribution is 2.20. The molecule has 0 spiro atoms. The monoisotopic (exact) mass is 310 g/mol. The Balaban J connectivity index is 2.02. The van der Waals surface area contributed by atoms with Crippen molar-refractivity contribution in [1.29, 1.82) is 5.26 Å². The van der Waals surface area contributed by atoms with Gasteiger partial charge in [-0.05, 0) is 17.7 Å². The molecule has 0 radical (unpaired) electrons. The SMILES string of the molecule is N#CCc1nc2cc(F)ccc2n1Cc1ccc([N+](=O)[O-])cc1. The van der Waals surface area contributed by atoms with Crippen molar-refractivity contribution in [3.63, 3.8) is 0 Å². The average molecular weight is 310 g/mol. The van der Waals surface area contributed by atoms with E-state index in [9.17, 15) is 14.5 Å². The first-order valence-electron chi connectivity index (χ1n) is 6.83. The Morgan fingerprint density at radius 3 is 2.65 bits per heavy atom. The number of nitriles is 1. The molecular weight excluding hydrogens is 299 g/mol. The van der Waals surface area contributed by atoms with Gasteiger partial charge < -0.3 is 4.57 Å². The molecule has 2 aromatic carbocycles. The number of benzene rings is 2. The van der Waals surface area contributed by atoms with E-state index in [4.69, 9.17) is 5.26 Å². The maximum Gasteiger partial charge on any atom is 0.269 e. The van der Waals surface area contributed by atoms with Gasteiger partial charge in [-0.25, -0.2) is 9.37 Å². The molecule has 3 aromatic rings. The Labute approximate surface area is 130 Å². The second kappa shape index (κ2) is 5.85. The van der Waals surface area contributed by atoms with Crippen molar-refractivity contribution in [2.45, 2.75) is 13.0 Å². The summed E-state index contributed by atoms with van der Waals surface area (Å²) >= 11 is 0. The number of rotatable bonds is 4. The van der Waals surface area contributed by atoms with E-state index in [-0.39, 0.29) is 17.9 Å². The number of hydrogen-bond acceptors (Lipinski definition) is 4. The number of nitro groups is 1. The lowest BCUT2D eigenvalue weighted by Crippen LogP contribution is -2.05. The molecule has 114 valence electrons. The molecule has 1 heterocycles. The third kappa shape index (κ3) is 2.87. The highest BCUT2D eigenvalue weighted by molar-refractivity contribution is 5.76. The highest BCUT2D eigenvalue weighted by Gasteiger charge is 2.12. The molecule has 0 N–H and O–H groups in total. The summed E-state index contributed by atoms with van der Waals surface area (Å²) in [6.45, 7) is 0.400. The lowest BCUT2D eigenvalue weighted by molar-refractivity contribution is -0.384. The quantitative estimate of drug-likeness (QED) is 0.547. The molecule has 0 aliphatic carbocycles. The molecule has 0 saturated carbocycles. The third-order valence-electron chi connectivity index (χ3n) is 3.51. The van der Waals surface area contributed by atoms with Gasteiger partial charge in [0.1, 0.15) is 11.6 Å². The zero-order valence-electron chi connectivity index (χ0n) is 11.9. The van der Waals surface area contributed by atoms with Crippen LogP contribution >= 0.6 is 0 Å². The minimum Gasteiger partial charge on any atom is -0.323 e. The minimum atomic E-state index is -0.458. The van der Waals surface area contributed by atoms with Crippen LogP contribution in [-0.4, -0.2) is 14.5 Å². The van der Waals surface area contributed by atoms with E-state index >= 15 is 0 Å². The lowest BCUT2D eigenvalue weighted by atomic mass is 10.2. The molecule has 0 unspecified atom stereocenters. The van der Waals surface area contributed by atoms with Crippen LogP contribution < -0.4 is 0 Å². The van der Waals surface area contributed by atoms with Crippen LogP contribution in [0.15, 0.2) is 42.5 Å². The number of hydrogen-bond donors (Lipinski definition) is 0. The van der Waals surface area contributed by atoms with E-state index in [1.54, 1.807) is 18.2 Å². The van der Waals surface area contributed by atoms with Gasteiger partial charge in [0.25, 0.3) is 5.69 Å². The van der Waals surface area contributed by atoms with Crippen LogP contribution in [0, 0.1) is 27.3 Å². The average Bonchev–Trinajstić information content (AvgIpc) is 2.85. The third-order valence-corrected chi connectivity index (χ3v) is 3.51. The van der Waals surface area contributed by atoms with Crippen molar-refractivity contribution >= 4 is 16.7 Å². The van der Waals surface area contributed by atoms with Gasteiger partial charge >= 0.3 is 0 Å². The van der Waals surface area contributed by atoms with E-state index < -0.39 is 4.92 Å². The molecule has 0 amide bonds.